The van der Waals surface area contributed by atoms with Gasteiger partial charge in [-0.2, -0.15) is 5.26 Å². The van der Waals surface area contributed by atoms with Crippen LogP contribution in [0, 0.1) is 28.8 Å². The van der Waals surface area contributed by atoms with E-state index in [2.05, 4.69) is 5.32 Å². The van der Waals surface area contributed by atoms with Crippen molar-refractivity contribution in [2.75, 3.05) is 19.6 Å². The number of hydrogen-bond acceptors (Lipinski definition) is 3. The lowest BCUT2D eigenvalue weighted by molar-refractivity contribution is 0.0905. The van der Waals surface area contributed by atoms with Crippen LogP contribution in [0.25, 0.3) is 0 Å². The smallest absolute Gasteiger partial charge is 0.257 e. The molecular formula is C14H14F3N3O. The molecule has 0 radical (unpaired) electrons. The van der Waals surface area contributed by atoms with Gasteiger partial charge in [-0.15, -0.1) is 0 Å². The van der Waals surface area contributed by atoms with Crippen LogP contribution < -0.4 is 5.32 Å². The van der Waals surface area contributed by atoms with Crippen LogP contribution in [-0.2, 0) is 0 Å². The van der Waals surface area contributed by atoms with Crippen molar-refractivity contribution in [1.29, 1.82) is 5.26 Å². The molecule has 4 nitrogen and oxygen atoms in total. The maximum Gasteiger partial charge on any atom is 0.257 e. The van der Waals surface area contributed by atoms with Gasteiger partial charge in [-0.1, -0.05) is 0 Å². The van der Waals surface area contributed by atoms with Crippen LogP contribution in [-0.4, -0.2) is 36.5 Å². The number of halogens is 3. The van der Waals surface area contributed by atoms with Gasteiger partial charge in [0.25, 0.3) is 5.91 Å². The molecule has 1 aromatic carbocycles. The number of nitriles is 1. The molecule has 1 aliphatic rings. The second-order valence-electron chi connectivity index (χ2n) is 4.93. The molecule has 0 atom stereocenters. The van der Waals surface area contributed by atoms with Crippen LogP contribution >= 0.6 is 0 Å². The summed E-state index contributed by atoms with van der Waals surface area (Å²) in [6.45, 7) is 1.58. The number of carbonyl (C=O) groups excluding carboxylic acids is 1. The van der Waals surface area contributed by atoms with E-state index >= 15 is 0 Å². The third kappa shape index (κ3) is 3.73. The summed E-state index contributed by atoms with van der Waals surface area (Å²) in [6.07, 6.45) is 1.19. The summed E-state index contributed by atoms with van der Waals surface area (Å²) < 4.78 is 39.8. The molecule has 1 fully saturated rings. The van der Waals surface area contributed by atoms with E-state index in [1.807, 2.05) is 11.0 Å². The van der Waals surface area contributed by atoms with Crippen LogP contribution in [0.4, 0.5) is 13.2 Å². The van der Waals surface area contributed by atoms with Crippen molar-refractivity contribution in [2.24, 2.45) is 0 Å². The maximum absolute atomic E-state index is 13.5. The lowest BCUT2D eigenvalue weighted by Gasteiger charge is -2.30. The van der Waals surface area contributed by atoms with Crippen molar-refractivity contribution in [1.82, 2.24) is 10.2 Å². The molecule has 1 aliphatic heterocycles. The van der Waals surface area contributed by atoms with Gasteiger partial charge < -0.3 is 5.32 Å². The first-order chi connectivity index (χ1) is 10.0. The summed E-state index contributed by atoms with van der Waals surface area (Å²) in [5.74, 6) is -4.38. The second kappa shape index (κ2) is 6.59. The third-order valence-electron chi connectivity index (χ3n) is 3.45. The molecule has 1 amide bonds. The monoisotopic (exact) mass is 297 g/mol. The molecule has 2 rings (SSSR count). The Morgan fingerprint density at radius 3 is 2.38 bits per heavy atom. The molecule has 1 heterocycles. The molecule has 0 saturated carbocycles. The van der Waals surface area contributed by atoms with E-state index in [-0.39, 0.29) is 6.04 Å². The van der Waals surface area contributed by atoms with E-state index in [9.17, 15) is 18.0 Å². The molecule has 1 aromatic rings. The minimum Gasteiger partial charge on any atom is -0.349 e. The zero-order valence-electron chi connectivity index (χ0n) is 11.2. The fourth-order valence-corrected chi connectivity index (χ4v) is 2.35. The SMILES string of the molecule is N#CCN1CCC(NC(=O)c2c(F)cc(F)cc2F)CC1. The first-order valence-corrected chi connectivity index (χ1v) is 6.56. The molecule has 7 heteroatoms. The Hall–Kier alpha value is -2.07. The van der Waals surface area contributed by atoms with E-state index in [0.717, 1.165) is 0 Å². The van der Waals surface area contributed by atoms with Gasteiger partial charge in [-0.3, -0.25) is 9.69 Å². The number of benzene rings is 1. The van der Waals surface area contributed by atoms with Gasteiger partial charge in [0.2, 0.25) is 0 Å². The van der Waals surface area contributed by atoms with E-state index in [0.29, 0.717) is 44.6 Å². The number of nitrogens with one attached hydrogen (secondary N) is 1. The van der Waals surface area contributed by atoms with Crippen molar-refractivity contribution in [3.63, 3.8) is 0 Å². The van der Waals surface area contributed by atoms with Crippen LogP contribution in [0.15, 0.2) is 12.1 Å². The van der Waals surface area contributed by atoms with Crippen LogP contribution in [0.1, 0.15) is 23.2 Å². The largest absolute Gasteiger partial charge is 0.349 e. The van der Waals surface area contributed by atoms with Gasteiger partial charge >= 0.3 is 0 Å². The summed E-state index contributed by atoms with van der Waals surface area (Å²) in [5.41, 5.74) is -0.768. The van der Waals surface area contributed by atoms with Crippen LogP contribution in [0.3, 0.4) is 0 Å². The Kier molecular flexibility index (Phi) is 4.81. The van der Waals surface area contributed by atoms with E-state index in [1.54, 1.807) is 0 Å². The van der Waals surface area contributed by atoms with Gasteiger partial charge in [0, 0.05) is 31.3 Å². The fraction of sp³-hybridized carbons (Fsp3) is 0.429. The molecule has 0 spiro atoms. The molecule has 112 valence electrons. The molecule has 1 N–H and O–H groups in total. The Morgan fingerprint density at radius 1 is 1.29 bits per heavy atom. The number of hydrogen-bond donors (Lipinski definition) is 1. The summed E-state index contributed by atoms with van der Waals surface area (Å²) in [5, 5.41) is 11.1. The highest BCUT2D eigenvalue weighted by Crippen LogP contribution is 2.16. The van der Waals surface area contributed by atoms with Crippen LogP contribution in [0.2, 0.25) is 0 Å². The van der Waals surface area contributed by atoms with Gasteiger partial charge in [0.05, 0.1) is 12.6 Å². The Morgan fingerprint density at radius 2 is 1.86 bits per heavy atom. The number of nitrogens with zero attached hydrogens (tertiary/aromatic N) is 2. The number of carbonyl (C=O) groups is 1. The maximum atomic E-state index is 13.5. The number of piperidine rings is 1. The summed E-state index contributed by atoms with van der Waals surface area (Å²) >= 11 is 0. The average Bonchev–Trinajstić information content (AvgIpc) is 2.40. The predicted molar refractivity (Wildman–Crippen MR) is 68.9 cm³/mol. The highest BCUT2D eigenvalue weighted by Gasteiger charge is 2.24. The van der Waals surface area contributed by atoms with Crippen molar-refractivity contribution >= 4 is 5.91 Å². The molecule has 0 aromatic heterocycles. The fourth-order valence-electron chi connectivity index (χ4n) is 2.35. The lowest BCUT2D eigenvalue weighted by atomic mass is 10.0. The van der Waals surface area contributed by atoms with Crippen molar-refractivity contribution in [2.45, 2.75) is 18.9 Å². The third-order valence-corrected chi connectivity index (χ3v) is 3.45. The standard InChI is InChI=1S/C14H14F3N3O/c15-9-7-11(16)13(12(17)8-9)14(21)19-10-1-4-20(5-2-10)6-3-18/h7-8,10H,1-2,4-6H2,(H,19,21). The normalized spacial score (nSPS) is 16.5. The molecule has 21 heavy (non-hydrogen) atoms. The Bertz CT molecular complexity index is 554. The van der Waals surface area contributed by atoms with Gasteiger partial charge in [0.15, 0.2) is 0 Å². The van der Waals surface area contributed by atoms with E-state index in [4.69, 9.17) is 5.26 Å². The highest BCUT2D eigenvalue weighted by molar-refractivity contribution is 5.94. The zero-order valence-corrected chi connectivity index (χ0v) is 11.2. The Labute approximate surface area is 120 Å². The van der Waals surface area contributed by atoms with E-state index < -0.39 is 28.9 Å². The van der Waals surface area contributed by atoms with Crippen LogP contribution in [0.5, 0.6) is 0 Å². The first-order valence-electron chi connectivity index (χ1n) is 6.56. The zero-order chi connectivity index (χ0) is 15.4. The summed E-state index contributed by atoms with van der Waals surface area (Å²) in [4.78, 5) is 13.8. The Balaban J connectivity index is 1.99. The quantitative estimate of drug-likeness (QED) is 0.866. The van der Waals surface area contributed by atoms with Gasteiger partial charge in [0.1, 0.15) is 23.0 Å². The van der Waals surface area contributed by atoms with Gasteiger partial charge in [-0.25, -0.2) is 13.2 Å². The summed E-state index contributed by atoms with van der Waals surface area (Å²) in [6, 6.07) is 2.79. The number of rotatable bonds is 3. The van der Waals surface area contributed by atoms with Crippen molar-refractivity contribution in [3.05, 3.63) is 35.1 Å². The number of likely N-dealkylation sites (tertiary alicyclic amines) is 1. The molecule has 1 saturated heterocycles. The van der Waals surface area contributed by atoms with Crippen molar-refractivity contribution in [3.8, 4) is 6.07 Å². The topological polar surface area (TPSA) is 56.1 Å². The number of amides is 1. The van der Waals surface area contributed by atoms with Gasteiger partial charge in [-0.05, 0) is 12.8 Å². The molecule has 0 bridgehead atoms. The minimum absolute atomic E-state index is 0.212. The highest BCUT2D eigenvalue weighted by atomic mass is 19.1. The minimum atomic E-state index is -1.22. The molecule has 0 unspecified atom stereocenters. The summed E-state index contributed by atoms with van der Waals surface area (Å²) in [7, 11) is 0. The second-order valence-corrected chi connectivity index (χ2v) is 4.93. The first kappa shape index (κ1) is 15.3. The van der Waals surface area contributed by atoms with E-state index in [1.165, 1.54) is 0 Å². The molecule has 0 aliphatic carbocycles. The lowest BCUT2D eigenvalue weighted by Crippen LogP contribution is -2.45. The van der Waals surface area contributed by atoms with Crippen molar-refractivity contribution < 1.29 is 18.0 Å². The average molecular weight is 297 g/mol. The predicted octanol–water partition coefficient (Wildman–Crippen LogP) is 1.82. The molecular weight excluding hydrogens is 283 g/mol.